The molecule has 7 heteroatoms. The summed E-state index contributed by atoms with van der Waals surface area (Å²) in [5.74, 6) is 2.03. The first-order chi connectivity index (χ1) is 11.7. The molecule has 2 bridgehead atoms. The van der Waals surface area contributed by atoms with E-state index in [1.165, 1.54) is 17.8 Å². The van der Waals surface area contributed by atoms with E-state index in [2.05, 4.69) is 15.6 Å². The van der Waals surface area contributed by atoms with Crippen LogP contribution < -0.4 is 10.6 Å². The molecule has 0 spiro atoms. The van der Waals surface area contributed by atoms with Crippen molar-refractivity contribution >= 4 is 17.4 Å². The van der Waals surface area contributed by atoms with Crippen LogP contribution in [0.1, 0.15) is 25.0 Å². The van der Waals surface area contributed by atoms with Crippen LogP contribution in [0.3, 0.4) is 0 Å². The molecule has 4 rings (SSSR count). The van der Waals surface area contributed by atoms with E-state index in [1.54, 1.807) is 6.26 Å². The zero-order valence-electron chi connectivity index (χ0n) is 13.3. The Balaban J connectivity index is 1.31. The van der Waals surface area contributed by atoms with Crippen LogP contribution in [0.25, 0.3) is 10.8 Å². The Hall–Kier alpha value is -1.86. The van der Waals surface area contributed by atoms with Crippen molar-refractivity contribution in [3.8, 4) is 10.8 Å². The van der Waals surface area contributed by atoms with E-state index >= 15 is 0 Å². The molecule has 2 saturated carbocycles. The van der Waals surface area contributed by atoms with Gasteiger partial charge in [-0.25, -0.2) is 9.78 Å². The fraction of sp³-hybridized carbons (Fsp3) is 0.529. The van der Waals surface area contributed by atoms with Crippen molar-refractivity contribution in [2.24, 2.45) is 17.8 Å². The molecule has 2 aliphatic rings. The molecule has 0 aromatic carbocycles. The van der Waals surface area contributed by atoms with E-state index in [0.717, 1.165) is 29.3 Å². The summed E-state index contributed by atoms with van der Waals surface area (Å²) >= 11 is 1.50. The lowest BCUT2D eigenvalue weighted by Crippen LogP contribution is -2.48. The number of aromatic nitrogens is 1. The number of hydrogen-bond acceptors (Lipinski definition) is 5. The molecule has 2 aromatic heterocycles. The molecule has 3 N–H and O–H groups in total. The second-order valence-electron chi connectivity index (χ2n) is 6.65. The van der Waals surface area contributed by atoms with Crippen LogP contribution in [0.15, 0.2) is 28.2 Å². The number of aliphatic hydroxyl groups excluding tert-OH is 1. The van der Waals surface area contributed by atoms with Crippen molar-refractivity contribution in [1.82, 2.24) is 15.6 Å². The Bertz CT molecular complexity index is 700. The second kappa shape index (κ2) is 6.57. The molecule has 4 atom stereocenters. The van der Waals surface area contributed by atoms with Crippen LogP contribution in [0, 0.1) is 17.8 Å². The first-order valence-corrected chi connectivity index (χ1v) is 9.26. The molecule has 128 valence electrons. The number of carbonyl (C=O) groups is 1. The Morgan fingerprint density at radius 3 is 3.08 bits per heavy atom. The SMILES string of the molecule is O=C(NCc1csc(-c2ccco2)n1)NC1C2CCC(C2)C1CO. The molecule has 2 aliphatic carbocycles. The summed E-state index contributed by atoms with van der Waals surface area (Å²) in [4.78, 5) is 16.7. The normalized spacial score (nSPS) is 28.2. The quantitative estimate of drug-likeness (QED) is 0.776. The third kappa shape index (κ3) is 2.93. The zero-order valence-corrected chi connectivity index (χ0v) is 14.1. The van der Waals surface area contributed by atoms with Gasteiger partial charge in [-0.05, 0) is 43.2 Å². The van der Waals surface area contributed by atoms with E-state index in [9.17, 15) is 9.90 Å². The predicted molar refractivity (Wildman–Crippen MR) is 90.4 cm³/mol. The fourth-order valence-corrected chi connectivity index (χ4v) is 4.96. The maximum Gasteiger partial charge on any atom is 0.315 e. The average Bonchev–Trinajstić information content (AvgIpc) is 3.36. The summed E-state index contributed by atoms with van der Waals surface area (Å²) in [7, 11) is 0. The van der Waals surface area contributed by atoms with Crippen LogP contribution in [0.2, 0.25) is 0 Å². The highest BCUT2D eigenvalue weighted by atomic mass is 32.1. The number of hydrogen-bond donors (Lipinski definition) is 3. The number of urea groups is 1. The summed E-state index contributed by atoms with van der Waals surface area (Å²) in [6.07, 6.45) is 5.10. The van der Waals surface area contributed by atoms with Crippen LogP contribution in [0.4, 0.5) is 4.79 Å². The number of nitrogens with one attached hydrogen (secondary N) is 2. The topological polar surface area (TPSA) is 87.4 Å². The molecule has 2 amide bonds. The van der Waals surface area contributed by atoms with E-state index in [-0.39, 0.29) is 24.6 Å². The highest BCUT2D eigenvalue weighted by Crippen LogP contribution is 2.48. The lowest BCUT2D eigenvalue weighted by Gasteiger charge is -2.30. The van der Waals surface area contributed by atoms with Gasteiger partial charge in [0.15, 0.2) is 10.8 Å². The molecule has 24 heavy (non-hydrogen) atoms. The molecule has 2 aromatic rings. The number of fused-ring (bicyclic) bond motifs is 2. The Morgan fingerprint density at radius 1 is 1.42 bits per heavy atom. The molecular weight excluding hydrogens is 326 g/mol. The van der Waals surface area contributed by atoms with E-state index in [4.69, 9.17) is 4.42 Å². The monoisotopic (exact) mass is 347 g/mol. The summed E-state index contributed by atoms with van der Waals surface area (Å²) < 4.78 is 5.32. The highest BCUT2D eigenvalue weighted by molar-refractivity contribution is 7.13. The molecular formula is C17H21N3O3S. The highest BCUT2D eigenvalue weighted by Gasteiger charge is 2.47. The van der Waals surface area contributed by atoms with Crippen LogP contribution in [-0.4, -0.2) is 28.8 Å². The molecule has 2 fully saturated rings. The third-order valence-electron chi connectivity index (χ3n) is 5.31. The van der Waals surface area contributed by atoms with Gasteiger partial charge in [0.1, 0.15) is 0 Å². The standard InChI is InChI=1S/C17H21N3O3S/c21-8-13-10-3-4-11(6-10)15(13)20-17(22)18-7-12-9-24-16(19-12)14-2-1-5-23-14/h1-2,5,9-11,13,15,21H,3-4,6-8H2,(H2,18,20,22). The largest absolute Gasteiger partial charge is 0.462 e. The van der Waals surface area contributed by atoms with Crippen molar-refractivity contribution in [3.63, 3.8) is 0 Å². The number of carbonyl (C=O) groups excluding carboxylic acids is 1. The van der Waals surface area contributed by atoms with Crippen molar-refractivity contribution in [3.05, 3.63) is 29.5 Å². The number of thiazole rings is 1. The van der Waals surface area contributed by atoms with Gasteiger partial charge in [0.05, 0.1) is 18.5 Å². The minimum absolute atomic E-state index is 0.0999. The van der Waals surface area contributed by atoms with Crippen LogP contribution in [-0.2, 0) is 6.54 Å². The fourth-order valence-electron chi connectivity index (χ4n) is 4.17. The summed E-state index contributed by atoms with van der Waals surface area (Å²) in [6, 6.07) is 3.61. The van der Waals surface area contributed by atoms with E-state index < -0.39 is 0 Å². The lowest BCUT2D eigenvalue weighted by atomic mass is 9.85. The number of nitrogens with zero attached hydrogens (tertiary/aromatic N) is 1. The number of aliphatic hydroxyl groups is 1. The molecule has 2 heterocycles. The van der Waals surface area contributed by atoms with Crippen molar-refractivity contribution < 1.29 is 14.3 Å². The van der Waals surface area contributed by atoms with E-state index in [0.29, 0.717) is 18.4 Å². The van der Waals surface area contributed by atoms with Crippen LogP contribution in [0.5, 0.6) is 0 Å². The molecule has 6 nitrogen and oxygen atoms in total. The summed E-state index contributed by atoms with van der Waals surface area (Å²) in [6.45, 7) is 0.540. The van der Waals surface area contributed by atoms with Gasteiger partial charge in [0, 0.05) is 23.9 Å². The van der Waals surface area contributed by atoms with Gasteiger partial charge in [-0.15, -0.1) is 11.3 Å². The zero-order chi connectivity index (χ0) is 16.5. The third-order valence-corrected chi connectivity index (χ3v) is 6.22. The Morgan fingerprint density at radius 2 is 2.29 bits per heavy atom. The first-order valence-electron chi connectivity index (χ1n) is 8.38. The number of furan rings is 1. The van der Waals surface area contributed by atoms with Crippen molar-refractivity contribution in [2.75, 3.05) is 6.61 Å². The maximum absolute atomic E-state index is 12.2. The number of amides is 2. The van der Waals surface area contributed by atoms with Crippen LogP contribution >= 0.6 is 11.3 Å². The summed E-state index contributed by atoms with van der Waals surface area (Å²) in [5, 5.41) is 18.3. The van der Waals surface area contributed by atoms with Gasteiger partial charge in [-0.3, -0.25) is 0 Å². The molecule has 0 saturated heterocycles. The minimum Gasteiger partial charge on any atom is -0.462 e. The Labute approximate surface area is 144 Å². The van der Waals surface area contributed by atoms with Crippen molar-refractivity contribution in [2.45, 2.75) is 31.8 Å². The van der Waals surface area contributed by atoms with Gasteiger partial charge < -0.3 is 20.2 Å². The average molecular weight is 347 g/mol. The Kier molecular flexibility index (Phi) is 4.28. The van der Waals surface area contributed by atoms with Gasteiger partial charge in [-0.2, -0.15) is 0 Å². The minimum atomic E-state index is -0.182. The van der Waals surface area contributed by atoms with E-state index in [1.807, 2.05) is 17.5 Å². The first kappa shape index (κ1) is 15.7. The van der Waals surface area contributed by atoms with Gasteiger partial charge in [0.2, 0.25) is 0 Å². The summed E-state index contributed by atoms with van der Waals surface area (Å²) in [5.41, 5.74) is 0.813. The molecule has 0 aliphatic heterocycles. The smallest absolute Gasteiger partial charge is 0.315 e. The van der Waals surface area contributed by atoms with Gasteiger partial charge in [-0.1, -0.05) is 0 Å². The molecule has 4 unspecified atom stereocenters. The lowest BCUT2D eigenvalue weighted by molar-refractivity contribution is 0.144. The van der Waals surface area contributed by atoms with Gasteiger partial charge in [0.25, 0.3) is 0 Å². The van der Waals surface area contributed by atoms with Crippen molar-refractivity contribution in [1.29, 1.82) is 0 Å². The second-order valence-corrected chi connectivity index (χ2v) is 7.51. The maximum atomic E-state index is 12.2. The molecule has 0 radical (unpaired) electrons. The predicted octanol–water partition coefficient (Wildman–Crippen LogP) is 2.61. The van der Waals surface area contributed by atoms with Gasteiger partial charge >= 0.3 is 6.03 Å². The number of rotatable bonds is 5.